The van der Waals surface area contributed by atoms with E-state index in [1.54, 1.807) is 0 Å². The van der Waals surface area contributed by atoms with Crippen LogP contribution in [0.15, 0.2) is 0 Å². The van der Waals surface area contributed by atoms with Crippen LogP contribution in [-0.2, 0) is 26.7 Å². The van der Waals surface area contributed by atoms with Gasteiger partial charge in [0.2, 0.25) is 0 Å². The minimum atomic E-state index is -3.58. The summed E-state index contributed by atoms with van der Waals surface area (Å²) in [5.41, 5.74) is 0. The molecular weight excluding hydrogens is 272 g/mol. The Hall–Kier alpha value is -0.0957. The molecule has 0 atom stereocenters. The second kappa shape index (κ2) is 16.9. The molecule has 0 radical (unpaired) electrons. The van der Waals surface area contributed by atoms with Crippen molar-refractivity contribution in [2.45, 2.75) is 71.1 Å². The normalized spacial score (nSPS) is 9.50. The fourth-order valence-electron chi connectivity index (χ4n) is 1.59. The van der Waals surface area contributed by atoms with Crippen LogP contribution >= 0.6 is 0 Å². The van der Waals surface area contributed by atoms with Crippen molar-refractivity contribution in [1.82, 2.24) is 0 Å². The van der Waals surface area contributed by atoms with Crippen LogP contribution in [0.2, 0.25) is 0 Å². The molecule has 0 amide bonds. The molecule has 0 fully saturated rings. The second-order valence-electron chi connectivity index (χ2n) is 4.25. The Kier molecular flexibility index (Phi) is 19.0. The third-order valence-electron chi connectivity index (χ3n) is 2.49. The quantitative estimate of drug-likeness (QED) is 0.426. The van der Waals surface area contributed by atoms with Gasteiger partial charge < -0.3 is 5.11 Å². The predicted octanol–water partition coefficient (Wildman–Crippen LogP) is 2.76. The van der Waals surface area contributed by atoms with Gasteiger partial charge in [-0.2, -0.15) is 0 Å². The summed E-state index contributed by atoms with van der Waals surface area (Å²) < 4.78 is 23.2. The molecule has 108 valence electrons. The van der Waals surface area contributed by atoms with E-state index in [2.05, 4.69) is 6.92 Å². The summed E-state index contributed by atoms with van der Waals surface area (Å²) in [5, 5.41) is 8.41. The van der Waals surface area contributed by atoms with Gasteiger partial charge in [0.1, 0.15) is 0 Å². The van der Waals surface area contributed by atoms with Crippen molar-refractivity contribution in [3.8, 4) is 0 Å². The monoisotopic (exact) mass is 298 g/mol. The van der Waals surface area contributed by atoms with E-state index in [9.17, 15) is 4.79 Å². The topological polar surface area (TPSA) is 94.8 Å². The zero-order valence-electron chi connectivity index (χ0n) is 11.2. The third kappa shape index (κ3) is 29.7. The minimum absolute atomic E-state index is 0.343. The summed E-state index contributed by atoms with van der Waals surface area (Å²) in [4.78, 5) is 10.2. The van der Waals surface area contributed by atoms with Crippen LogP contribution in [0, 0.1) is 0 Å². The second-order valence-corrected chi connectivity index (χ2v) is 5.14. The Labute approximate surface area is 116 Å². The van der Waals surface area contributed by atoms with Crippen molar-refractivity contribution in [2.75, 3.05) is 0 Å². The molecule has 0 aliphatic rings. The first-order valence-corrected chi connectivity index (χ1v) is 8.67. The first-order chi connectivity index (χ1) is 8.50. The molecule has 18 heavy (non-hydrogen) atoms. The summed E-state index contributed by atoms with van der Waals surface area (Å²) in [6.07, 6.45) is 11.5. The molecule has 0 aliphatic carbocycles. The van der Waals surface area contributed by atoms with E-state index >= 15 is 0 Å². The average molecular weight is 298 g/mol. The van der Waals surface area contributed by atoms with E-state index in [0.29, 0.717) is 6.42 Å². The van der Waals surface area contributed by atoms with Crippen molar-refractivity contribution in [2.24, 2.45) is 0 Å². The van der Waals surface area contributed by atoms with Crippen molar-refractivity contribution in [1.29, 1.82) is 0 Å². The van der Waals surface area contributed by atoms with Crippen molar-refractivity contribution >= 4 is 5.97 Å². The number of carboxylic acids is 1. The Balaban J connectivity index is 0. The fraction of sp³-hybridized carbons (Fsp3) is 0.917. The fourth-order valence-corrected chi connectivity index (χ4v) is 1.59. The summed E-state index contributed by atoms with van der Waals surface area (Å²) >= 11 is -3.58. The number of carbonyl (C=O) groups is 1. The predicted molar refractivity (Wildman–Crippen MR) is 64.6 cm³/mol. The summed E-state index contributed by atoms with van der Waals surface area (Å²) in [5.74, 6) is -0.659. The van der Waals surface area contributed by atoms with E-state index in [1.807, 2.05) is 0 Å². The van der Waals surface area contributed by atoms with Gasteiger partial charge in [0.05, 0.1) is 0 Å². The number of hydrogen-bond acceptors (Lipinski definition) is 2. The molecular formula is C12H26O5Ti. The molecule has 3 N–H and O–H groups in total. The SMILES string of the molecule is CCCCCCCCCCCC(=O)O.[O]=[Ti]([OH])[OH]. The molecule has 0 rings (SSSR count). The molecule has 0 heterocycles. The maximum atomic E-state index is 10.2. The molecule has 0 aromatic rings. The molecule has 0 aliphatic heterocycles. The van der Waals surface area contributed by atoms with E-state index in [0.717, 1.165) is 12.8 Å². The molecule has 0 aromatic carbocycles. The van der Waals surface area contributed by atoms with Crippen molar-refractivity contribution in [3.63, 3.8) is 0 Å². The van der Waals surface area contributed by atoms with Crippen LogP contribution in [0.25, 0.3) is 0 Å². The summed E-state index contributed by atoms with van der Waals surface area (Å²) in [6.45, 7) is 2.23. The molecule has 0 aromatic heterocycles. The van der Waals surface area contributed by atoms with Crippen molar-refractivity contribution < 1.29 is 39.2 Å². The van der Waals surface area contributed by atoms with Gasteiger partial charge in [-0.25, -0.2) is 0 Å². The van der Waals surface area contributed by atoms with Gasteiger partial charge in [0.15, 0.2) is 0 Å². The number of hydrogen-bond donors (Lipinski definition) is 3. The number of unbranched alkanes of at least 4 members (excludes halogenated alkanes) is 8. The van der Waals surface area contributed by atoms with E-state index in [4.69, 9.17) is 15.8 Å². The van der Waals surface area contributed by atoms with Gasteiger partial charge in [0, 0.05) is 6.42 Å². The Morgan fingerprint density at radius 3 is 1.56 bits per heavy atom. The van der Waals surface area contributed by atoms with Crippen LogP contribution in [0.5, 0.6) is 0 Å². The van der Waals surface area contributed by atoms with Crippen LogP contribution in [0.4, 0.5) is 0 Å². The van der Waals surface area contributed by atoms with Crippen molar-refractivity contribution in [3.05, 3.63) is 0 Å². The van der Waals surface area contributed by atoms with Gasteiger partial charge in [-0.3, -0.25) is 4.79 Å². The molecule has 0 unspecified atom stereocenters. The molecule has 6 heteroatoms. The van der Waals surface area contributed by atoms with Gasteiger partial charge >= 0.3 is 35.3 Å². The average Bonchev–Trinajstić information content (AvgIpc) is 2.26. The van der Waals surface area contributed by atoms with Crippen LogP contribution in [-0.4, -0.2) is 18.5 Å². The Morgan fingerprint density at radius 2 is 1.22 bits per heavy atom. The van der Waals surface area contributed by atoms with E-state index < -0.39 is 24.6 Å². The Morgan fingerprint density at radius 1 is 0.889 bits per heavy atom. The molecule has 0 saturated carbocycles. The van der Waals surface area contributed by atoms with Gasteiger partial charge in [0.25, 0.3) is 0 Å². The molecule has 0 bridgehead atoms. The number of rotatable bonds is 10. The number of aliphatic carboxylic acids is 1. The van der Waals surface area contributed by atoms with E-state index in [1.165, 1.54) is 44.9 Å². The van der Waals surface area contributed by atoms with Gasteiger partial charge in [-0.1, -0.05) is 58.3 Å². The summed E-state index contributed by atoms with van der Waals surface area (Å²) in [6, 6.07) is 0. The third-order valence-corrected chi connectivity index (χ3v) is 2.49. The summed E-state index contributed by atoms with van der Waals surface area (Å²) in [7, 11) is 0. The zero-order chi connectivity index (χ0) is 14.2. The van der Waals surface area contributed by atoms with Gasteiger partial charge in [-0.15, -0.1) is 0 Å². The standard InChI is InChI=1S/C12H24O2.2H2O.O.Ti/c1-2-3-4-5-6-7-8-9-10-11-12(13)14;;;;/h2-11H2,1H3,(H,13,14);2*1H2;;/q;;;;+2/p-2. The first-order valence-electron chi connectivity index (χ1n) is 6.64. The Bertz CT molecular complexity index is 205. The van der Waals surface area contributed by atoms with Crippen LogP contribution in [0.3, 0.4) is 0 Å². The zero-order valence-corrected chi connectivity index (χ0v) is 12.8. The molecule has 0 saturated heterocycles. The van der Waals surface area contributed by atoms with Crippen LogP contribution < -0.4 is 0 Å². The molecule has 0 spiro atoms. The first kappa shape index (κ1) is 20.2. The molecule has 5 nitrogen and oxygen atoms in total. The van der Waals surface area contributed by atoms with Gasteiger partial charge in [-0.05, 0) is 6.42 Å². The number of carboxylic acid groups (broad SMARTS) is 1. The van der Waals surface area contributed by atoms with E-state index in [-0.39, 0.29) is 0 Å². The van der Waals surface area contributed by atoms with Crippen LogP contribution in [0.1, 0.15) is 71.1 Å². The maximum absolute atomic E-state index is 10.2.